The molecule has 174 valence electrons. The second-order valence-corrected chi connectivity index (χ2v) is 9.18. The van der Waals surface area contributed by atoms with E-state index in [1.54, 1.807) is 50.2 Å². The molecule has 0 bridgehead atoms. The third kappa shape index (κ3) is 5.69. The number of benzene rings is 2. The minimum Gasteiger partial charge on any atom is -0.393 e. The van der Waals surface area contributed by atoms with Gasteiger partial charge in [-0.25, -0.2) is 18.4 Å². The Kier molecular flexibility index (Phi) is 7.69. The van der Waals surface area contributed by atoms with E-state index < -0.39 is 15.9 Å². The van der Waals surface area contributed by atoms with Crippen LogP contribution in [0.15, 0.2) is 59.8 Å². The summed E-state index contributed by atoms with van der Waals surface area (Å²) in [6, 6.07) is 12.6. The lowest BCUT2D eigenvalue weighted by Gasteiger charge is -2.18. The predicted octanol–water partition coefficient (Wildman–Crippen LogP) is 3.24. The summed E-state index contributed by atoms with van der Waals surface area (Å²) in [5.41, 5.74) is 12.5. The van der Waals surface area contributed by atoms with Crippen LogP contribution in [0.25, 0.3) is 0 Å². The molecule has 2 aromatic carbocycles. The summed E-state index contributed by atoms with van der Waals surface area (Å²) in [6.45, 7) is 4.36. The second kappa shape index (κ2) is 10.5. The molecule has 3 aromatic rings. The normalized spacial score (nSPS) is 11.3. The van der Waals surface area contributed by atoms with E-state index in [-0.39, 0.29) is 22.2 Å². The van der Waals surface area contributed by atoms with Gasteiger partial charge < -0.3 is 11.1 Å². The van der Waals surface area contributed by atoms with Crippen LogP contribution in [-0.2, 0) is 10.0 Å². The first-order valence-electron chi connectivity index (χ1n) is 10.1. The summed E-state index contributed by atoms with van der Waals surface area (Å²) in [7, 11) is -3.55. The van der Waals surface area contributed by atoms with Gasteiger partial charge in [-0.2, -0.15) is 4.31 Å². The molecule has 33 heavy (non-hydrogen) atoms. The smallest absolute Gasteiger partial charge is 0.269 e. The Bertz CT molecular complexity index is 1220. The monoisotopic (exact) mass is 489 g/mol. The van der Waals surface area contributed by atoms with E-state index in [1.165, 1.54) is 22.8 Å². The van der Waals surface area contributed by atoms with Gasteiger partial charge in [0.05, 0.1) is 4.90 Å². The number of nitrogens with one attached hydrogen (secondary N) is 3. The van der Waals surface area contributed by atoms with Gasteiger partial charge in [-0.1, -0.05) is 25.4 Å². The van der Waals surface area contributed by atoms with Crippen LogP contribution < -0.4 is 21.9 Å². The lowest BCUT2D eigenvalue weighted by Crippen LogP contribution is -2.30. The number of nitrogen functional groups attached to an aromatic ring is 1. The van der Waals surface area contributed by atoms with Crippen LogP contribution >= 0.6 is 11.6 Å². The fourth-order valence-corrected chi connectivity index (χ4v) is 4.53. The maximum atomic E-state index is 12.6. The molecular formula is C21H24ClN7O3S. The van der Waals surface area contributed by atoms with Crippen molar-refractivity contribution in [3.63, 3.8) is 0 Å². The van der Waals surface area contributed by atoms with Crippen molar-refractivity contribution >= 4 is 50.5 Å². The molecule has 0 aliphatic carbocycles. The largest absolute Gasteiger partial charge is 0.393 e. The standard InChI is InChI=1S/C21H24ClN7O3S/c1-3-29(4-2)33(31,32)17-11-9-16(10-12-17)26-19-18(23)20(25-13-24-19)27-28-21(30)14-5-7-15(22)8-6-14/h5-13H,3-4,23H2,1-2H3,(H,28,30)(H2,24,25,26,27). The van der Waals surface area contributed by atoms with E-state index in [2.05, 4.69) is 26.1 Å². The Labute approximate surface area is 197 Å². The molecule has 3 rings (SSSR count). The summed E-state index contributed by atoms with van der Waals surface area (Å²) in [5.74, 6) is 0.0762. The van der Waals surface area contributed by atoms with Gasteiger partial charge in [0.25, 0.3) is 5.91 Å². The van der Waals surface area contributed by atoms with Crippen LogP contribution in [0, 0.1) is 0 Å². The summed E-state index contributed by atoms with van der Waals surface area (Å²) in [5, 5.41) is 3.54. The van der Waals surface area contributed by atoms with Crippen molar-refractivity contribution in [2.24, 2.45) is 0 Å². The maximum absolute atomic E-state index is 12.6. The zero-order valence-corrected chi connectivity index (χ0v) is 19.6. The van der Waals surface area contributed by atoms with Gasteiger partial charge in [-0.15, -0.1) is 0 Å². The SMILES string of the molecule is CCN(CC)S(=O)(=O)c1ccc(Nc2ncnc(NNC(=O)c3ccc(Cl)cc3)c2N)cc1. The minimum atomic E-state index is -3.55. The Hall–Kier alpha value is -3.41. The summed E-state index contributed by atoms with van der Waals surface area (Å²) < 4.78 is 26.6. The van der Waals surface area contributed by atoms with Crippen LogP contribution in [0.5, 0.6) is 0 Å². The van der Waals surface area contributed by atoms with E-state index in [0.29, 0.717) is 29.4 Å². The highest BCUT2D eigenvalue weighted by atomic mass is 35.5. The number of nitrogens with zero attached hydrogens (tertiary/aromatic N) is 3. The molecule has 12 heteroatoms. The molecular weight excluding hydrogens is 466 g/mol. The minimum absolute atomic E-state index is 0.161. The number of sulfonamides is 1. The summed E-state index contributed by atoms with van der Waals surface area (Å²) >= 11 is 5.83. The highest BCUT2D eigenvalue weighted by molar-refractivity contribution is 7.89. The molecule has 0 atom stereocenters. The lowest BCUT2D eigenvalue weighted by molar-refractivity contribution is 0.0962. The number of rotatable bonds is 9. The highest BCUT2D eigenvalue weighted by Crippen LogP contribution is 2.26. The van der Waals surface area contributed by atoms with E-state index in [9.17, 15) is 13.2 Å². The third-order valence-corrected chi connectivity index (χ3v) is 7.06. The zero-order chi connectivity index (χ0) is 24.0. The number of anilines is 4. The first kappa shape index (κ1) is 24.2. The Balaban J connectivity index is 1.70. The van der Waals surface area contributed by atoms with Crippen molar-refractivity contribution in [3.8, 4) is 0 Å². The average Bonchev–Trinajstić information content (AvgIpc) is 2.81. The van der Waals surface area contributed by atoms with Crippen LogP contribution in [0.4, 0.5) is 23.0 Å². The molecule has 1 amide bonds. The van der Waals surface area contributed by atoms with Crippen molar-refractivity contribution < 1.29 is 13.2 Å². The first-order valence-corrected chi connectivity index (χ1v) is 11.9. The van der Waals surface area contributed by atoms with E-state index in [1.807, 2.05) is 0 Å². The molecule has 0 unspecified atom stereocenters. The number of hydrogen-bond acceptors (Lipinski definition) is 8. The fourth-order valence-electron chi connectivity index (χ4n) is 2.94. The van der Waals surface area contributed by atoms with E-state index in [0.717, 1.165) is 0 Å². The van der Waals surface area contributed by atoms with Gasteiger partial charge in [-0.3, -0.25) is 15.6 Å². The van der Waals surface area contributed by atoms with Crippen LogP contribution in [0.3, 0.4) is 0 Å². The molecule has 0 aliphatic rings. The molecule has 1 heterocycles. The molecule has 0 aliphatic heterocycles. The lowest BCUT2D eigenvalue weighted by atomic mass is 10.2. The van der Waals surface area contributed by atoms with Crippen LogP contribution in [0.2, 0.25) is 5.02 Å². The number of halogens is 1. The Morgan fingerprint density at radius 2 is 1.61 bits per heavy atom. The van der Waals surface area contributed by atoms with Gasteiger partial charge in [-0.05, 0) is 48.5 Å². The molecule has 5 N–H and O–H groups in total. The summed E-state index contributed by atoms with van der Waals surface area (Å²) in [4.78, 5) is 20.6. The quantitative estimate of drug-likeness (QED) is 0.335. The molecule has 0 radical (unpaired) electrons. The number of carbonyl (C=O) groups excluding carboxylic acids is 1. The Morgan fingerprint density at radius 3 is 2.21 bits per heavy atom. The third-order valence-electron chi connectivity index (χ3n) is 4.74. The van der Waals surface area contributed by atoms with Crippen LogP contribution in [-0.4, -0.2) is 41.7 Å². The van der Waals surface area contributed by atoms with Crippen molar-refractivity contribution in [1.82, 2.24) is 19.7 Å². The van der Waals surface area contributed by atoms with Crippen molar-refractivity contribution in [2.45, 2.75) is 18.7 Å². The van der Waals surface area contributed by atoms with E-state index in [4.69, 9.17) is 17.3 Å². The number of carbonyl (C=O) groups is 1. The van der Waals surface area contributed by atoms with E-state index >= 15 is 0 Å². The summed E-state index contributed by atoms with van der Waals surface area (Å²) in [6.07, 6.45) is 1.27. The van der Waals surface area contributed by atoms with Gasteiger partial charge in [0.1, 0.15) is 12.0 Å². The van der Waals surface area contributed by atoms with Crippen molar-refractivity contribution in [2.75, 3.05) is 29.6 Å². The zero-order valence-electron chi connectivity index (χ0n) is 18.0. The molecule has 0 fully saturated rings. The van der Waals surface area contributed by atoms with Gasteiger partial charge in [0.15, 0.2) is 11.6 Å². The topological polar surface area (TPSA) is 142 Å². The van der Waals surface area contributed by atoms with Crippen molar-refractivity contribution in [3.05, 3.63) is 65.4 Å². The molecule has 0 saturated carbocycles. The average molecular weight is 490 g/mol. The predicted molar refractivity (Wildman–Crippen MR) is 129 cm³/mol. The second-order valence-electron chi connectivity index (χ2n) is 6.81. The number of amides is 1. The van der Waals surface area contributed by atoms with Gasteiger partial charge in [0.2, 0.25) is 10.0 Å². The number of aromatic nitrogens is 2. The number of nitrogens with two attached hydrogens (primary N) is 1. The number of hydrazine groups is 1. The first-order chi connectivity index (χ1) is 15.8. The maximum Gasteiger partial charge on any atom is 0.269 e. The number of hydrogen-bond donors (Lipinski definition) is 4. The molecule has 0 saturated heterocycles. The van der Waals surface area contributed by atoms with Crippen molar-refractivity contribution in [1.29, 1.82) is 0 Å². The molecule has 0 spiro atoms. The van der Waals surface area contributed by atoms with Crippen LogP contribution in [0.1, 0.15) is 24.2 Å². The fraction of sp³-hybridized carbons (Fsp3) is 0.190. The van der Waals surface area contributed by atoms with Gasteiger partial charge in [0, 0.05) is 29.4 Å². The highest BCUT2D eigenvalue weighted by Gasteiger charge is 2.21. The molecule has 1 aromatic heterocycles. The van der Waals surface area contributed by atoms with Gasteiger partial charge >= 0.3 is 0 Å². The Morgan fingerprint density at radius 1 is 1.00 bits per heavy atom. The molecule has 10 nitrogen and oxygen atoms in total.